The summed E-state index contributed by atoms with van der Waals surface area (Å²) >= 11 is 1.44. The van der Waals surface area contributed by atoms with E-state index in [1.807, 2.05) is 77.0 Å². The van der Waals surface area contributed by atoms with E-state index in [1.165, 1.54) is 24.6 Å². The molecular formula is C22H21N5OS. The number of aryl methyl sites for hydroxylation is 1. The maximum absolute atomic E-state index is 12.7. The summed E-state index contributed by atoms with van der Waals surface area (Å²) in [6.07, 6.45) is 2.34. The van der Waals surface area contributed by atoms with Crippen LogP contribution < -0.4 is 5.32 Å². The number of rotatable bonds is 6. The minimum atomic E-state index is -0.0681. The molecule has 2 aromatic carbocycles. The van der Waals surface area contributed by atoms with Crippen molar-refractivity contribution in [2.45, 2.75) is 23.9 Å². The van der Waals surface area contributed by atoms with Gasteiger partial charge in [-0.25, -0.2) is 9.67 Å². The number of carbonyl (C=O) groups excluding carboxylic acids is 1. The van der Waals surface area contributed by atoms with Crippen molar-refractivity contribution in [2.24, 2.45) is 7.05 Å². The minimum absolute atomic E-state index is 0.0681. The first-order valence-electron chi connectivity index (χ1n) is 9.68. The fraction of sp³-hybridized carbons (Fsp3) is 0.227. The molecule has 2 aromatic heterocycles. The summed E-state index contributed by atoms with van der Waals surface area (Å²) in [5.74, 6) is 1.45. The van der Waals surface area contributed by atoms with Gasteiger partial charge in [-0.2, -0.15) is 5.10 Å². The highest BCUT2D eigenvalue weighted by Gasteiger charge is 2.28. The molecule has 1 saturated carbocycles. The molecule has 146 valence electrons. The molecule has 0 unspecified atom stereocenters. The largest absolute Gasteiger partial charge is 0.322 e. The number of aromatic nitrogens is 4. The lowest BCUT2D eigenvalue weighted by molar-refractivity contribution is -0.113. The topological polar surface area (TPSA) is 64.7 Å². The third-order valence-electron chi connectivity index (χ3n) is 5.07. The van der Waals surface area contributed by atoms with Gasteiger partial charge in [0.05, 0.1) is 28.2 Å². The Balaban J connectivity index is 1.33. The van der Waals surface area contributed by atoms with Gasteiger partial charge < -0.3 is 9.88 Å². The Kier molecular flexibility index (Phi) is 4.60. The molecule has 0 bridgehead atoms. The van der Waals surface area contributed by atoms with Crippen molar-refractivity contribution in [1.29, 1.82) is 0 Å². The lowest BCUT2D eigenvalue weighted by Crippen LogP contribution is -2.17. The predicted octanol–water partition coefficient (Wildman–Crippen LogP) is 4.37. The summed E-state index contributed by atoms with van der Waals surface area (Å²) in [6, 6.07) is 19.9. The van der Waals surface area contributed by atoms with Gasteiger partial charge in [-0.3, -0.25) is 4.79 Å². The van der Waals surface area contributed by atoms with Crippen LogP contribution in [-0.2, 0) is 11.8 Å². The molecule has 1 N–H and O–H groups in total. The normalized spacial score (nSPS) is 13.7. The van der Waals surface area contributed by atoms with Crippen LogP contribution >= 0.6 is 11.8 Å². The second-order valence-electron chi connectivity index (χ2n) is 7.26. The molecule has 1 aliphatic rings. The number of thioether (sulfide) groups is 1. The first-order chi connectivity index (χ1) is 14.2. The summed E-state index contributed by atoms with van der Waals surface area (Å²) < 4.78 is 3.85. The van der Waals surface area contributed by atoms with Crippen molar-refractivity contribution < 1.29 is 4.79 Å². The van der Waals surface area contributed by atoms with Gasteiger partial charge in [0.2, 0.25) is 5.91 Å². The highest BCUT2D eigenvalue weighted by atomic mass is 32.2. The smallest absolute Gasteiger partial charge is 0.236 e. The molecule has 1 fully saturated rings. The van der Waals surface area contributed by atoms with Crippen molar-refractivity contribution in [1.82, 2.24) is 19.3 Å². The summed E-state index contributed by atoms with van der Waals surface area (Å²) in [6.45, 7) is 0. The number of hydrogen-bond acceptors (Lipinski definition) is 4. The molecule has 1 aliphatic carbocycles. The Labute approximate surface area is 172 Å². The number of nitrogens with zero attached hydrogens (tertiary/aromatic N) is 4. The Bertz CT molecular complexity index is 1180. The van der Waals surface area contributed by atoms with Crippen LogP contribution in [0.5, 0.6) is 0 Å². The van der Waals surface area contributed by atoms with Gasteiger partial charge in [0.1, 0.15) is 5.82 Å². The number of anilines is 1. The predicted molar refractivity (Wildman–Crippen MR) is 116 cm³/mol. The van der Waals surface area contributed by atoms with Crippen LogP contribution in [0.4, 0.5) is 5.82 Å². The van der Waals surface area contributed by atoms with Crippen molar-refractivity contribution in [3.05, 3.63) is 66.4 Å². The van der Waals surface area contributed by atoms with Crippen LogP contribution in [0.2, 0.25) is 0 Å². The maximum Gasteiger partial charge on any atom is 0.236 e. The minimum Gasteiger partial charge on any atom is -0.322 e. The zero-order chi connectivity index (χ0) is 19.8. The van der Waals surface area contributed by atoms with Crippen LogP contribution in [0.3, 0.4) is 0 Å². The third kappa shape index (κ3) is 3.65. The number of benzene rings is 2. The van der Waals surface area contributed by atoms with Crippen molar-refractivity contribution in [3.63, 3.8) is 0 Å². The van der Waals surface area contributed by atoms with Crippen LogP contribution in [-0.4, -0.2) is 31.0 Å². The first-order valence-corrected chi connectivity index (χ1v) is 10.7. The zero-order valence-electron chi connectivity index (χ0n) is 16.1. The Morgan fingerprint density at radius 2 is 1.90 bits per heavy atom. The van der Waals surface area contributed by atoms with Gasteiger partial charge in [0.25, 0.3) is 0 Å². The lowest BCUT2D eigenvalue weighted by atomic mass is 10.3. The summed E-state index contributed by atoms with van der Waals surface area (Å²) in [4.78, 5) is 17.3. The molecule has 1 amide bonds. The average Bonchev–Trinajstić information content (AvgIpc) is 3.44. The van der Waals surface area contributed by atoms with Crippen molar-refractivity contribution in [3.8, 4) is 5.69 Å². The monoisotopic (exact) mass is 403 g/mol. The molecule has 29 heavy (non-hydrogen) atoms. The van der Waals surface area contributed by atoms with E-state index in [0.29, 0.717) is 11.7 Å². The summed E-state index contributed by atoms with van der Waals surface area (Å²) in [5, 5.41) is 8.60. The molecule has 4 aromatic rings. The number of para-hydroxylation sites is 3. The van der Waals surface area contributed by atoms with E-state index in [1.54, 1.807) is 0 Å². The molecule has 5 rings (SSSR count). The SMILES string of the molecule is Cn1c(SCC(=O)Nc2cc(C3CC3)nn2-c2ccccc2)nc2ccccc21. The fourth-order valence-corrected chi connectivity index (χ4v) is 4.18. The summed E-state index contributed by atoms with van der Waals surface area (Å²) in [5.41, 5.74) is 3.99. The first kappa shape index (κ1) is 18.0. The molecule has 0 radical (unpaired) electrons. The molecule has 0 saturated heterocycles. The van der Waals surface area contributed by atoms with E-state index in [-0.39, 0.29) is 11.7 Å². The average molecular weight is 404 g/mol. The quantitative estimate of drug-likeness (QED) is 0.486. The maximum atomic E-state index is 12.7. The molecule has 7 heteroatoms. The van der Waals surface area contributed by atoms with E-state index in [4.69, 9.17) is 5.10 Å². The number of fused-ring (bicyclic) bond motifs is 1. The van der Waals surface area contributed by atoms with Crippen LogP contribution in [0.15, 0.2) is 65.8 Å². The Morgan fingerprint density at radius 1 is 1.14 bits per heavy atom. The van der Waals surface area contributed by atoms with Gasteiger partial charge in [0.15, 0.2) is 5.16 Å². The second kappa shape index (κ2) is 7.40. The van der Waals surface area contributed by atoms with Crippen molar-refractivity contribution >= 4 is 34.5 Å². The second-order valence-corrected chi connectivity index (χ2v) is 8.20. The van der Waals surface area contributed by atoms with Crippen LogP contribution in [0.25, 0.3) is 16.7 Å². The van der Waals surface area contributed by atoms with E-state index >= 15 is 0 Å². The standard InChI is InChI=1S/C22H21N5OS/c1-26-19-10-6-5-9-17(19)23-22(26)29-14-21(28)24-20-13-18(15-11-12-15)25-27(20)16-7-3-2-4-8-16/h2-10,13,15H,11-12,14H2,1H3,(H,24,28). The lowest BCUT2D eigenvalue weighted by Gasteiger charge is -2.08. The highest BCUT2D eigenvalue weighted by Crippen LogP contribution is 2.40. The van der Waals surface area contributed by atoms with Gasteiger partial charge in [-0.05, 0) is 37.1 Å². The number of amides is 1. The van der Waals surface area contributed by atoms with Gasteiger partial charge in [0, 0.05) is 19.0 Å². The zero-order valence-corrected chi connectivity index (χ0v) is 16.9. The number of nitrogens with one attached hydrogen (secondary N) is 1. The van der Waals surface area contributed by atoms with Gasteiger partial charge >= 0.3 is 0 Å². The van der Waals surface area contributed by atoms with Crippen molar-refractivity contribution in [2.75, 3.05) is 11.1 Å². The number of imidazole rings is 1. The summed E-state index contributed by atoms with van der Waals surface area (Å²) in [7, 11) is 1.97. The van der Waals surface area contributed by atoms with Gasteiger partial charge in [-0.1, -0.05) is 42.1 Å². The molecule has 6 nitrogen and oxygen atoms in total. The molecular weight excluding hydrogens is 382 g/mol. The van der Waals surface area contributed by atoms with E-state index in [9.17, 15) is 4.79 Å². The molecule has 2 heterocycles. The van der Waals surface area contributed by atoms with Gasteiger partial charge in [-0.15, -0.1) is 0 Å². The third-order valence-corrected chi connectivity index (χ3v) is 6.10. The van der Waals surface area contributed by atoms with E-state index in [0.717, 1.165) is 27.6 Å². The number of hydrogen-bond donors (Lipinski definition) is 1. The van der Waals surface area contributed by atoms with E-state index in [2.05, 4.69) is 10.3 Å². The van der Waals surface area contributed by atoms with Crippen LogP contribution in [0, 0.1) is 0 Å². The Hall–Kier alpha value is -3.06. The Morgan fingerprint density at radius 3 is 2.66 bits per heavy atom. The fourth-order valence-electron chi connectivity index (χ4n) is 3.39. The van der Waals surface area contributed by atoms with E-state index < -0.39 is 0 Å². The number of carbonyl (C=O) groups is 1. The molecule has 0 aliphatic heterocycles. The molecule has 0 spiro atoms. The van der Waals surface area contributed by atoms with Crippen LogP contribution in [0.1, 0.15) is 24.5 Å². The highest BCUT2D eigenvalue weighted by molar-refractivity contribution is 7.99. The molecule has 0 atom stereocenters.